The molecule has 2 aromatic carbocycles. The summed E-state index contributed by atoms with van der Waals surface area (Å²) < 4.78 is 0. The summed E-state index contributed by atoms with van der Waals surface area (Å²) in [5.74, 6) is 0.853. The zero-order chi connectivity index (χ0) is 22.9. The summed E-state index contributed by atoms with van der Waals surface area (Å²) in [5, 5.41) is 1.55. The molecule has 33 heavy (non-hydrogen) atoms. The van der Waals surface area contributed by atoms with Crippen molar-refractivity contribution in [1.82, 2.24) is 9.88 Å². The van der Waals surface area contributed by atoms with E-state index in [1.165, 1.54) is 0 Å². The van der Waals surface area contributed by atoms with Gasteiger partial charge in [-0.25, -0.2) is 0 Å². The number of likely N-dealkylation sites (tertiary alicyclic amines) is 1. The molecule has 0 radical (unpaired) electrons. The number of benzene rings is 2. The van der Waals surface area contributed by atoms with Crippen molar-refractivity contribution in [1.29, 1.82) is 0 Å². The Morgan fingerprint density at radius 3 is 2.55 bits per heavy atom. The molecule has 6 heteroatoms. The van der Waals surface area contributed by atoms with E-state index in [1.54, 1.807) is 6.07 Å². The molecule has 5 nitrogen and oxygen atoms in total. The highest BCUT2D eigenvalue weighted by Gasteiger charge is 2.33. The number of halogens is 1. The van der Waals surface area contributed by atoms with Crippen molar-refractivity contribution < 1.29 is 4.79 Å². The third-order valence-corrected chi connectivity index (χ3v) is 7.43. The fraction of sp³-hybridized carbons (Fsp3) is 0.407. The van der Waals surface area contributed by atoms with Gasteiger partial charge in [-0.3, -0.25) is 9.59 Å². The van der Waals surface area contributed by atoms with Crippen LogP contribution in [0.15, 0.2) is 53.3 Å². The normalized spacial score (nSPS) is 19.8. The van der Waals surface area contributed by atoms with Crippen LogP contribution in [0.25, 0.3) is 22.0 Å². The first kappa shape index (κ1) is 22.0. The van der Waals surface area contributed by atoms with Crippen molar-refractivity contribution >= 4 is 34.1 Å². The summed E-state index contributed by atoms with van der Waals surface area (Å²) in [6, 6.07) is 15.6. The highest BCUT2D eigenvalue weighted by molar-refractivity contribution is 6.31. The third kappa shape index (κ3) is 4.39. The lowest BCUT2D eigenvalue weighted by Crippen LogP contribution is -2.48. The second kappa shape index (κ2) is 9.22. The van der Waals surface area contributed by atoms with Crippen molar-refractivity contribution in [3.8, 4) is 11.1 Å². The van der Waals surface area contributed by atoms with Crippen molar-refractivity contribution in [2.45, 2.75) is 32.6 Å². The number of carbonyl (C=O) groups excluding carboxylic acids is 1. The number of hydrogen-bond donors (Lipinski definition) is 1. The lowest BCUT2D eigenvalue weighted by molar-refractivity contribution is -0.137. The van der Waals surface area contributed by atoms with Crippen LogP contribution in [0.2, 0.25) is 5.02 Å². The minimum absolute atomic E-state index is 0.0785. The van der Waals surface area contributed by atoms with Crippen molar-refractivity contribution in [2.24, 2.45) is 11.8 Å². The van der Waals surface area contributed by atoms with Gasteiger partial charge in [-0.15, -0.1) is 0 Å². The third-order valence-electron chi connectivity index (χ3n) is 7.20. The molecule has 0 aliphatic carbocycles. The van der Waals surface area contributed by atoms with Gasteiger partial charge in [-0.1, -0.05) is 48.9 Å². The number of aromatic amines is 1. The fourth-order valence-corrected chi connectivity index (χ4v) is 5.49. The number of aromatic nitrogens is 1. The van der Waals surface area contributed by atoms with E-state index in [-0.39, 0.29) is 17.4 Å². The van der Waals surface area contributed by atoms with Crippen LogP contribution in [-0.4, -0.2) is 42.0 Å². The fourth-order valence-electron chi connectivity index (χ4n) is 5.32. The molecule has 3 aromatic rings. The molecule has 2 aliphatic heterocycles. The Labute approximate surface area is 199 Å². The Bertz CT molecular complexity index is 1220. The summed E-state index contributed by atoms with van der Waals surface area (Å²) in [4.78, 5) is 33.9. The van der Waals surface area contributed by atoms with Gasteiger partial charge in [0.05, 0.1) is 5.92 Å². The van der Waals surface area contributed by atoms with E-state index in [0.717, 1.165) is 67.3 Å². The van der Waals surface area contributed by atoms with Gasteiger partial charge in [-0.05, 0) is 55.4 Å². The number of anilines is 1. The van der Waals surface area contributed by atoms with E-state index in [1.807, 2.05) is 47.4 Å². The Balaban J connectivity index is 1.54. The minimum Gasteiger partial charge on any atom is -0.366 e. The van der Waals surface area contributed by atoms with Crippen LogP contribution in [0.4, 0.5) is 5.69 Å². The molecular weight excluding hydrogens is 434 g/mol. The molecule has 1 amide bonds. The summed E-state index contributed by atoms with van der Waals surface area (Å²) in [5.41, 5.74) is 3.14. The lowest BCUT2D eigenvalue weighted by atomic mass is 9.92. The number of rotatable bonds is 3. The number of fused-ring (bicyclic) bond motifs is 1. The predicted octanol–water partition coefficient (Wildman–Crippen LogP) is 5.32. The van der Waals surface area contributed by atoms with Crippen molar-refractivity contribution in [3.63, 3.8) is 0 Å². The van der Waals surface area contributed by atoms with Gasteiger partial charge in [0.1, 0.15) is 5.69 Å². The van der Waals surface area contributed by atoms with Crippen LogP contribution in [-0.2, 0) is 4.79 Å². The van der Waals surface area contributed by atoms with Crippen LogP contribution >= 0.6 is 11.6 Å². The summed E-state index contributed by atoms with van der Waals surface area (Å²) in [7, 11) is 0. The van der Waals surface area contributed by atoms with Crippen LogP contribution in [0.5, 0.6) is 0 Å². The molecule has 1 N–H and O–H groups in total. The lowest BCUT2D eigenvalue weighted by Gasteiger charge is -2.38. The second-order valence-electron chi connectivity index (χ2n) is 9.53. The standard InChI is InChI=1S/C27H30ClN3O2/c1-18-11-14-30(15-12-18)27(33)20-8-5-13-31(17-20)25-24(19-6-3-2-4-7-19)22-16-21(28)9-10-23(22)29-26(25)32/h2-4,6-7,9-10,16,18,20H,5,8,11-15,17H2,1H3,(H,29,32). The van der Waals surface area contributed by atoms with Gasteiger partial charge < -0.3 is 14.8 Å². The number of H-pyrrole nitrogens is 1. The summed E-state index contributed by atoms with van der Waals surface area (Å²) in [6.45, 7) is 5.28. The molecule has 2 fully saturated rings. The average Bonchev–Trinajstić information content (AvgIpc) is 2.84. The van der Waals surface area contributed by atoms with Crippen LogP contribution in [0, 0.1) is 11.8 Å². The Hall–Kier alpha value is -2.79. The van der Waals surface area contributed by atoms with Crippen LogP contribution in [0.3, 0.4) is 0 Å². The zero-order valence-corrected chi connectivity index (χ0v) is 19.8. The number of hydrogen-bond acceptors (Lipinski definition) is 3. The molecule has 5 rings (SSSR count). The number of amides is 1. The van der Waals surface area contributed by atoms with E-state index in [0.29, 0.717) is 23.2 Å². The molecule has 2 aliphatic rings. The molecule has 172 valence electrons. The van der Waals surface area contributed by atoms with Gasteiger partial charge in [-0.2, -0.15) is 0 Å². The minimum atomic E-state index is -0.122. The summed E-state index contributed by atoms with van der Waals surface area (Å²) in [6.07, 6.45) is 3.91. The quantitative estimate of drug-likeness (QED) is 0.571. The molecule has 1 unspecified atom stereocenters. The molecule has 0 bridgehead atoms. The van der Waals surface area contributed by atoms with Crippen molar-refractivity contribution in [3.05, 3.63) is 63.9 Å². The monoisotopic (exact) mass is 463 g/mol. The topological polar surface area (TPSA) is 56.4 Å². The molecule has 1 atom stereocenters. The average molecular weight is 464 g/mol. The Morgan fingerprint density at radius 2 is 1.79 bits per heavy atom. The van der Waals surface area contributed by atoms with Gasteiger partial charge in [0.15, 0.2) is 0 Å². The number of nitrogens with one attached hydrogen (secondary N) is 1. The highest BCUT2D eigenvalue weighted by atomic mass is 35.5. The number of carbonyl (C=O) groups is 1. The molecule has 0 saturated carbocycles. The number of pyridine rings is 1. The molecule has 2 saturated heterocycles. The Kier molecular flexibility index (Phi) is 6.15. The van der Waals surface area contributed by atoms with Gasteiger partial charge >= 0.3 is 0 Å². The first-order valence-electron chi connectivity index (χ1n) is 12.0. The first-order chi connectivity index (χ1) is 16.0. The Morgan fingerprint density at radius 1 is 1.03 bits per heavy atom. The van der Waals surface area contributed by atoms with E-state index < -0.39 is 0 Å². The maximum atomic E-state index is 13.4. The van der Waals surface area contributed by atoms with Crippen molar-refractivity contribution in [2.75, 3.05) is 31.1 Å². The van der Waals surface area contributed by atoms with E-state index >= 15 is 0 Å². The zero-order valence-electron chi connectivity index (χ0n) is 19.0. The van der Waals surface area contributed by atoms with Gasteiger partial charge in [0.25, 0.3) is 5.56 Å². The molecule has 3 heterocycles. The van der Waals surface area contributed by atoms with E-state index in [2.05, 4.69) is 16.8 Å². The van der Waals surface area contributed by atoms with Crippen LogP contribution in [0.1, 0.15) is 32.6 Å². The first-order valence-corrected chi connectivity index (χ1v) is 12.3. The number of piperidine rings is 2. The molecule has 1 aromatic heterocycles. The van der Waals surface area contributed by atoms with Gasteiger partial charge in [0.2, 0.25) is 5.91 Å². The maximum Gasteiger partial charge on any atom is 0.272 e. The van der Waals surface area contributed by atoms with Gasteiger partial charge in [0, 0.05) is 47.7 Å². The number of nitrogens with zero attached hydrogens (tertiary/aromatic N) is 2. The molecule has 0 spiro atoms. The summed E-state index contributed by atoms with van der Waals surface area (Å²) >= 11 is 6.36. The van der Waals surface area contributed by atoms with Crippen LogP contribution < -0.4 is 10.5 Å². The molecular formula is C27H30ClN3O2. The van der Waals surface area contributed by atoms with E-state index in [4.69, 9.17) is 11.6 Å². The SMILES string of the molecule is CC1CCN(C(=O)C2CCCN(c3c(-c4ccccc4)c4cc(Cl)ccc4[nH]c3=O)C2)CC1. The van der Waals surface area contributed by atoms with E-state index in [9.17, 15) is 9.59 Å². The second-order valence-corrected chi connectivity index (χ2v) is 9.96. The smallest absolute Gasteiger partial charge is 0.272 e. The largest absolute Gasteiger partial charge is 0.366 e. The predicted molar refractivity (Wildman–Crippen MR) is 135 cm³/mol. The maximum absolute atomic E-state index is 13.4. The highest BCUT2D eigenvalue weighted by Crippen LogP contribution is 2.37.